The molecule has 1 aromatic heterocycles. The van der Waals surface area contributed by atoms with Crippen LogP contribution in [0.2, 0.25) is 10.0 Å². The number of halogens is 3. The number of rotatable bonds is 8. The van der Waals surface area contributed by atoms with Gasteiger partial charge in [-0.1, -0.05) is 35.3 Å². The molecule has 1 aliphatic rings. The SMILES string of the molecule is COCCN(CC(=O)N1CCN(c2ccc(-c3ccc(Cl)cc3Cl)nn2)CC1)C(=O)c1ccccc1F. The van der Waals surface area contributed by atoms with Crippen molar-refractivity contribution in [2.45, 2.75) is 0 Å². The Morgan fingerprint density at radius 2 is 1.78 bits per heavy atom. The predicted octanol–water partition coefficient (Wildman–Crippen LogP) is 4.03. The van der Waals surface area contributed by atoms with E-state index in [1.54, 1.807) is 29.2 Å². The lowest BCUT2D eigenvalue weighted by molar-refractivity contribution is -0.132. The first kappa shape index (κ1) is 26.8. The van der Waals surface area contributed by atoms with E-state index >= 15 is 0 Å². The Morgan fingerprint density at radius 3 is 2.43 bits per heavy atom. The van der Waals surface area contributed by atoms with Crippen LogP contribution in [0.25, 0.3) is 11.3 Å². The van der Waals surface area contributed by atoms with E-state index in [9.17, 15) is 14.0 Å². The monoisotopic (exact) mass is 545 g/mol. The van der Waals surface area contributed by atoms with E-state index in [0.29, 0.717) is 47.7 Å². The van der Waals surface area contributed by atoms with Crippen molar-refractivity contribution < 1.29 is 18.7 Å². The number of methoxy groups -OCH3 is 1. The first-order valence-electron chi connectivity index (χ1n) is 11.7. The Kier molecular flexibility index (Phi) is 8.91. The van der Waals surface area contributed by atoms with Crippen molar-refractivity contribution in [2.24, 2.45) is 0 Å². The topological polar surface area (TPSA) is 78.9 Å². The molecule has 11 heteroatoms. The van der Waals surface area contributed by atoms with Crippen molar-refractivity contribution in [3.05, 3.63) is 76.0 Å². The third kappa shape index (κ3) is 6.54. The van der Waals surface area contributed by atoms with Crippen molar-refractivity contribution in [1.29, 1.82) is 0 Å². The van der Waals surface area contributed by atoms with Crippen LogP contribution < -0.4 is 4.90 Å². The minimum Gasteiger partial charge on any atom is -0.383 e. The fourth-order valence-electron chi connectivity index (χ4n) is 4.04. The second-order valence-electron chi connectivity index (χ2n) is 8.47. The van der Waals surface area contributed by atoms with Gasteiger partial charge in [-0.3, -0.25) is 9.59 Å². The van der Waals surface area contributed by atoms with Gasteiger partial charge >= 0.3 is 0 Å². The Hall–Kier alpha value is -3.27. The molecule has 37 heavy (non-hydrogen) atoms. The standard InChI is InChI=1S/C26H26Cl2FN5O3/c1-37-15-14-34(26(36)20-4-2-3-5-22(20)29)17-25(35)33-12-10-32(11-13-33)24-9-8-23(30-31-24)19-7-6-18(27)16-21(19)28/h2-9,16H,10-15,17H2,1H3. The minimum atomic E-state index is -0.624. The maximum Gasteiger partial charge on any atom is 0.257 e. The molecule has 1 fully saturated rings. The van der Waals surface area contributed by atoms with E-state index in [0.717, 1.165) is 5.56 Å². The molecule has 8 nitrogen and oxygen atoms in total. The summed E-state index contributed by atoms with van der Waals surface area (Å²) in [5, 5.41) is 9.68. The molecular weight excluding hydrogens is 520 g/mol. The first-order valence-corrected chi connectivity index (χ1v) is 12.5. The average molecular weight is 546 g/mol. The normalized spacial score (nSPS) is 13.5. The fraction of sp³-hybridized carbons (Fsp3) is 0.308. The third-order valence-electron chi connectivity index (χ3n) is 6.10. The van der Waals surface area contributed by atoms with Crippen LogP contribution in [0.5, 0.6) is 0 Å². The molecule has 4 rings (SSSR count). The summed E-state index contributed by atoms with van der Waals surface area (Å²) < 4.78 is 19.3. The highest BCUT2D eigenvalue weighted by atomic mass is 35.5. The van der Waals surface area contributed by atoms with Crippen LogP contribution in [-0.4, -0.2) is 84.8 Å². The van der Waals surface area contributed by atoms with Crippen LogP contribution in [-0.2, 0) is 9.53 Å². The van der Waals surface area contributed by atoms with Crippen molar-refractivity contribution in [3.63, 3.8) is 0 Å². The summed E-state index contributed by atoms with van der Waals surface area (Å²) in [6, 6.07) is 14.6. The number of ether oxygens (including phenoxy) is 1. The third-order valence-corrected chi connectivity index (χ3v) is 6.64. The fourth-order valence-corrected chi connectivity index (χ4v) is 4.55. The molecule has 0 spiro atoms. The quantitative estimate of drug-likeness (QED) is 0.425. The molecule has 1 saturated heterocycles. The summed E-state index contributed by atoms with van der Waals surface area (Å²) in [5.41, 5.74) is 1.30. The second kappa shape index (κ2) is 12.3. The van der Waals surface area contributed by atoms with Crippen molar-refractivity contribution in [1.82, 2.24) is 20.0 Å². The highest BCUT2D eigenvalue weighted by molar-refractivity contribution is 6.36. The van der Waals surface area contributed by atoms with Gasteiger partial charge in [-0.25, -0.2) is 4.39 Å². The zero-order valence-corrected chi connectivity index (χ0v) is 21.8. The van der Waals surface area contributed by atoms with Crippen LogP contribution in [0.15, 0.2) is 54.6 Å². The van der Waals surface area contributed by atoms with Crippen molar-refractivity contribution in [2.75, 3.05) is 57.9 Å². The Labute approximate surface area is 224 Å². The molecule has 3 aromatic rings. The van der Waals surface area contributed by atoms with Gasteiger partial charge in [-0.15, -0.1) is 10.2 Å². The summed E-state index contributed by atoms with van der Waals surface area (Å²) in [5.74, 6) is -0.684. The smallest absolute Gasteiger partial charge is 0.257 e. The van der Waals surface area contributed by atoms with Crippen molar-refractivity contribution in [3.8, 4) is 11.3 Å². The van der Waals surface area contributed by atoms with Gasteiger partial charge < -0.3 is 19.4 Å². The molecule has 0 atom stereocenters. The molecule has 0 radical (unpaired) electrons. The summed E-state index contributed by atoms with van der Waals surface area (Å²) in [7, 11) is 1.51. The molecule has 0 N–H and O–H groups in total. The molecule has 2 heterocycles. The van der Waals surface area contributed by atoms with Gasteiger partial charge in [0, 0.05) is 50.4 Å². The lowest BCUT2D eigenvalue weighted by atomic mass is 10.1. The number of hydrogen-bond donors (Lipinski definition) is 0. The number of carbonyl (C=O) groups is 2. The predicted molar refractivity (Wildman–Crippen MR) is 140 cm³/mol. The van der Waals surface area contributed by atoms with E-state index in [4.69, 9.17) is 27.9 Å². The van der Waals surface area contributed by atoms with Crippen molar-refractivity contribution >= 4 is 40.8 Å². The van der Waals surface area contributed by atoms with Gasteiger partial charge in [0.15, 0.2) is 5.82 Å². The number of hydrogen-bond acceptors (Lipinski definition) is 6. The summed E-state index contributed by atoms with van der Waals surface area (Å²) in [6.45, 7) is 2.27. The zero-order chi connectivity index (χ0) is 26.4. The molecule has 194 valence electrons. The van der Waals surface area contributed by atoms with E-state index in [-0.39, 0.29) is 31.2 Å². The van der Waals surface area contributed by atoms with Gasteiger partial charge in [0.2, 0.25) is 5.91 Å². The second-order valence-corrected chi connectivity index (χ2v) is 9.31. The zero-order valence-electron chi connectivity index (χ0n) is 20.2. The Morgan fingerprint density at radius 1 is 1.03 bits per heavy atom. The highest BCUT2D eigenvalue weighted by Crippen LogP contribution is 2.29. The summed E-state index contributed by atoms with van der Waals surface area (Å²) in [6.07, 6.45) is 0. The van der Waals surface area contributed by atoms with E-state index in [1.165, 1.54) is 30.2 Å². The lowest BCUT2D eigenvalue weighted by Crippen LogP contribution is -2.52. The number of anilines is 1. The maximum atomic E-state index is 14.2. The molecule has 0 unspecified atom stereocenters. The molecule has 2 aromatic carbocycles. The van der Waals surface area contributed by atoms with Crippen LogP contribution >= 0.6 is 23.2 Å². The molecular formula is C26H26Cl2FN5O3. The maximum absolute atomic E-state index is 14.2. The summed E-state index contributed by atoms with van der Waals surface area (Å²) >= 11 is 12.2. The molecule has 0 bridgehead atoms. The number of nitrogens with zero attached hydrogens (tertiary/aromatic N) is 5. The highest BCUT2D eigenvalue weighted by Gasteiger charge is 2.27. The number of benzene rings is 2. The Bertz CT molecular complexity index is 1250. The van der Waals surface area contributed by atoms with Gasteiger partial charge in [0.05, 0.1) is 22.9 Å². The molecule has 1 aliphatic heterocycles. The van der Waals surface area contributed by atoms with E-state index in [2.05, 4.69) is 10.2 Å². The van der Waals surface area contributed by atoms with E-state index < -0.39 is 11.7 Å². The number of aromatic nitrogens is 2. The van der Waals surface area contributed by atoms with Gasteiger partial charge in [0.1, 0.15) is 12.4 Å². The molecule has 0 aliphatic carbocycles. The van der Waals surface area contributed by atoms with E-state index in [1.807, 2.05) is 17.0 Å². The average Bonchev–Trinajstić information content (AvgIpc) is 2.91. The van der Waals surface area contributed by atoms with Gasteiger partial charge in [-0.2, -0.15) is 0 Å². The lowest BCUT2D eigenvalue weighted by Gasteiger charge is -2.36. The number of piperazine rings is 1. The van der Waals surface area contributed by atoms with Crippen LogP contribution in [0, 0.1) is 5.82 Å². The van der Waals surface area contributed by atoms with Crippen LogP contribution in [0.4, 0.5) is 10.2 Å². The number of carbonyl (C=O) groups excluding carboxylic acids is 2. The minimum absolute atomic E-state index is 0.0712. The summed E-state index contributed by atoms with van der Waals surface area (Å²) in [4.78, 5) is 31.0. The number of amides is 2. The molecule has 2 amide bonds. The van der Waals surface area contributed by atoms with Gasteiger partial charge in [-0.05, 0) is 42.5 Å². The Balaban J connectivity index is 1.36. The largest absolute Gasteiger partial charge is 0.383 e. The van der Waals surface area contributed by atoms with Gasteiger partial charge in [0.25, 0.3) is 5.91 Å². The first-order chi connectivity index (χ1) is 17.9. The van der Waals surface area contributed by atoms with Crippen LogP contribution in [0.1, 0.15) is 10.4 Å². The van der Waals surface area contributed by atoms with Crippen LogP contribution in [0.3, 0.4) is 0 Å². The molecule has 0 saturated carbocycles.